The summed E-state index contributed by atoms with van der Waals surface area (Å²) in [4.78, 5) is 0. The van der Waals surface area contributed by atoms with Crippen LogP contribution in [0.5, 0.6) is 11.5 Å². The van der Waals surface area contributed by atoms with E-state index in [1.165, 1.54) is 0 Å². The lowest BCUT2D eigenvalue weighted by Crippen LogP contribution is -2.02. The van der Waals surface area contributed by atoms with Crippen LogP contribution in [0.4, 0.5) is 0 Å². The molecule has 18 heavy (non-hydrogen) atoms. The van der Waals surface area contributed by atoms with Gasteiger partial charge in [0.25, 0.3) is 0 Å². The first-order chi connectivity index (χ1) is 8.78. The van der Waals surface area contributed by atoms with Crippen molar-refractivity contribution in [3.05, 3.63) is 48.6 Å². The van der Waals surface area contributed by atoms with Gasteiger partial charge < -0.3 is 14.2 Å². The van der Waals surface area contributed by atoms with E-state index in [9.17, 15) is 0 Å². The van der Waals surface area contributed by atoms with E-state index in [0.717, 1.165) is 22.6 Å². The number of methoxy groups -OCH3 is 2. The van der Waals surface area contributed by atoms with E-state index in [-0.39, 0.29) is 0 Å². The zero-order chi connectivity index (χ0) is 13.4. The number of ether oxygens (including phenoxy) is 3. The van der Waals surface area contributed by atoms with Gasteiger partial charge in [0.05, 0.1) is 27.4 Å². The molecule has 0 radical (unpaired) electrons. The Hall–Kier alpha value is -1.74. The molecule has 1 rings (SSSR count). The van der Waals surface area contributed by atoms with Crippen LogP contribution in [0, 0.1) is 0 Å². The fourth-order valence-electron chi connectivity index (χ4n) is 1.79. The summed E-state index contributed by atoms with van der Waals surface area (Å²) >= 11 is 0. The monoisotopic (exact) mass is 248 g/mol. The zero-order valence-electron chi connectivity index (χ0n) is 11.1. The fraction of sp³-hybridized carbons (Fsp3) is 0.333. The van der Waals surface area contributed by atoms with Crippen LogP contribution in [0.2, 0.25) is 0 Å². The van der Waals surface area contributed by atoms with Crippen molar-refractivity contribution in [2.75, 3.05) is 20.8 Å². The number of rotatable bonds is 8. The molecule has 0 bridgehead atoms. The lowest BCUT2D eigenvalue weighted by molar-refractivity contribution is 0.148. The quantitative estimate of drug-likeness (QED) is 0.522. The van der Waals surface area contributed by atoms with Crippen molar-refractivity contribution < 1.29 is 14.2 Å². The SMILES string of the molecule is C=CCOCc1ccc(OC)c(OC)c1CC=C. The molecule has 1 aromatic carbocycles. The highest BCUT2D eigenvalue weighted by Gasteiger charge is 2.13. The third-order valence-electron chi connectivity index (χ3n) is 2.59. The van der Waals surface area contributed by atoms with Crippen LogP contribution < -0.4 is 9.47 Å². The van der Waals surface area contributed by atoms with Crippen molar-refractivity contribution in [2.45, 2.75) is 13.0 Å². The average molecular weight is 248 g/mol. The highest BCUT2D eigenvalue weighted by atomic mass is 16.5. The van der Waals surface area contributed by atoms with Gasteiger partial charge in [0, 0.05) is 5.56 Å². The van der Waals surface area contributed by atoms with Crippen molar-refractivity contribution >= 4 is 0 Å². The maximum Gasteiger partial charge on any atom is 0.164 e. The molecule has 0 saturated heterocycles. The Balaban J connectivity index is 3.07. The van der Waals surface area contributed by atoms with E-state index in [2.05, 4.69) is 13.2 Å². The van der Waals surface area contributed by atoms with E-state index in [0.29, 0.717) is 19.6 Å². The molecule has 0 N–H and O–H groups in total. The van der Waals surface area contributed by atoms with Crippen molar-refractivity contribution in [1.29, 1.82) is 0 Å². The first-order valence-corrected chi connectivity index (χ1v) is 5.80. The molecule has 0 aliphatic rings. The van der Waals surface area contributed by atoms with Crippen LogP contribution in [0.1, 0.15) is 11.1 Å². The van der Waals surface area contributed by atoms with Crippen LogP contribution in [0.15, 0.2) is 37.4 Å². The van der Waals surface area contributed by atoms with Gasteiger partial charge in [-0.2, -0.15) is 0 Å². The van der Waals surface area contributed by atoms with Gasteiger partial charge in [-0.05, 0) is 18.1 Å². The van der Waals surface area contributed by atoms with Crippen molar-refractivity contribution in [3.63, 3.8) is 0 Å². The van der Waals surface area contributed by atoms with Gasteiger partial charge in [-0.1, -0.05) is 18.2 Å². The summed E-state index contributed by atoms with van der Waals surface area (Å²) in [5.41, 5.74) is 2.13. The summed E-state index contributed by atoms with van der Waals surface area (Å²) in [7, 11) is 3.27. The molecule has 0 aromatic heterocycles. The van der Waals surface area contributed by atoms with Gasteiger partial charge in [0.2, 0.25) is 0 Å². The van der Waals surface area contributed by atoms with Crippen molar-refractivity contribution in [3.8, 4) is 11.5 Å². The molecule has 1 aromatic rings. The second-order valence-electron chi connectivity index (χ2n) is 3.74. The molecule has 0 aliphatic carbocycles. The van der Waals surface area contributed by atoms with Crippen molar-refractivity contribution in [2.24, 2.45) is 0 Å². The van der Waals surface area contributed by atoms with Gasteiger partial charge >= 0.3 is 0 Å². The first-order valence-electron chi connectivity index (χ1n) is 5.80. The number of benzene rings is 1. The molecule has 0 unspecified atom stereocenters. The summed E-state index contributed by atoms with van der Waals surface area (Å²) in [6.07, 6.45) is 4.29. The average Bonchev–Trinajstić information content (AvgIpc) is 2.40. The molecule has 0 spiro atoms. The van der Waals surface area contributed by atoms with E-state index in [1.54, 1.807) is 20.3 Å². The zero-order valence-corrected chi connectivity index (χ0v) is 11.1. The minimum atomic E-state index is 0.523. The number of allylic oxidation sites excluding steroid dienone is 1. The summed E-state index contributed by atoms with van der Waals surface area (Å²) < 4.78 is 16.2. The van der Waals surface area contributed by atoms with Crippen LogP contribution in [-0.4, -0.2) is 20.8 Å². The second kappa shape index (κ2) is 7.56. The van der Waals surface area contributed by atoms with E-state index in [1.807, 2.05) is 18.2 Å². The standard InChI is InChI=1S/C15H20O3/c1-5-7-13-12(11-18-10-6-2)8-9-14(16-3)15(13)17-4/h5-6,8-9H,1-2,7,10-11H2,3-4H3. The molecule has 3 nitrogen and oxygen atoms in total. The Morgan fingerprint density at radius 2 is 1.89 bits per heavy atom. The van der Waals surface area contributed by atoms with Crippen LogP contribution >= 0.6 is 0 Å². The first kappa shape index (κ1) is 14.3. The largest absolute Gasteiger partial charge is 0.493 e. The van der Waals surface area contributed by atoms with Gasteiger partial charge in [-0.3, -0.25) is 0 Å². The molecular weight excluding hydrogens is 228 g/mol. The highest BCUT2D eigenvalue weighted by Crippen LogP contribution is 2.34. The van der Waals surface area contributed by atoms with Gasteiger partial charge in [0.15, 0.2) is 11.5 Å². The van der Waals surface area contributed by atoms with Gasteiger partial charge in [-0.25, -0.2) is 0 Å². The van der Waals surface area contributed by atoms with Gasteiger partial charge in [-0.15, -0.1) is 13.2 Å². The van der Waals surface area contributed by atoms with E-state index >= 15 is 0 Å². The molecule has 0 atom stereocenters. The normalized spacial score (nSPS) is 9.89. The molecule has 0 fully saturated rings. The third kappa shape index (κ3) is 3.37. The second-order valence-corrected chi connectivity index (χ2v) is 3.74. The summed E-state index contributed by atoms with van der Waals surface area (Å²) in [6.45, 7) is 8.45. The Bertz CT molecular complexity index is 410. The smallest absolute Gasteiger partial charge is 0.164 e. The van der Waals surface area contributed by atoms with E-state index in [4.69, 9.17) is 14.2 Å². The highest BCUT2D eigenvalue weighted by molar-refractivity contribution is 5.51. The maximum absolute atomic E-state index is 5.48. The number of hydrogen-bond donors (Lipinski definition) is 0. The Labute approximate surface area is 109 Å². The van der Waals surface area contributed by atoms with Crippen LogP contribution in [0.25, 0.3) is 0 Å². The predicted molar refractivity (Wildman–Crippen MR) is 73.3 cm³/mol. The van der Waals surface area contributed by atoms with Crippen LogP contribution in [-0.2, 0) is 17.8 Å². The van der Waals surface area contributed by atoms with E-state index < -0.39 is 0 Å². The summed E-state index contributed by atoms with van der Waals surface area (Å²) in [5.74, 6) is 1.47. The Morgan fingerprint density at radius 1 is 1.11 bits per heavy atom. The van der Waals surface area contributed by atoms with Crippen molar-refractivity contribution in [1.82, 2.24) is 0 Å². The minimum absolute atomic E-state index is 0.523. The third-order valence-corrected chi connectivity index (χ3v) is 2.59. The molecule has 0 aliphatic heterocycles. The Kier molecular flexibility index (Phi) is 6.01. The predicted octanol–water partition coefficient (Wildman–Crippen LogP) is 3.13. The molecule has 98 valence electrons. The Morgan fingerprint density at radius 3 is 2.44 bits per heavy atom. The summed E-state index contributed by atoms with van der Waals surface area (Å²) in [6, 6.07) is 3.88. The fourth-order valence-corrected chi connectivity index (χ4v) is 1.79. The molecule has 0 heterocycles. The molecule has 0 amide bonds. The maximum atomic E-state index is 5.48. The lowest BCUT2D eigenvalue weighted by Gasteiger charge is -2.16. The summed E-state index contributed by atoms with van der Waals surface area (Å²) in [5, 5.41) is 0. The molecular formula is C15H20O3. The molecule has 0 saturated carbocycles. The molecule has 3 heteroatoms. The van der Waals surface area contributed by atoms with Gasteiger partial charge in [0.1, 0.15) is 0 Å². The van der Waals surface area contributed by atoms with Crippen LogP contribution in [0.3, 0.4) is 0 Å². The topological polar surface area (TPSA) is 27.7 Å². The lowest BCUT2D eigenvalue weighted by atomic mass is 10.0. The minimum Gasteiger partial charge on any atom is -0.493 e. The number of hydrogen-bond acceptors (Lipinski definition) is 3.